The minimum atomic E-state index is -4.54. The second kappa shape index (κ2) is 10.3. The van der Waals surface area contributed by atoms with Gasteiger partial charge in [-0.1, -0.05) is 36.4 Å². The number of aromatic nitrogens is 1. The van der Waals surface area contributed by atoms with Crippen molar-refractivity contribution in [3.05, 3.63) is 88.6 Å². The van der Waals surface area contributed by atoms with Crippen LogP contribution in [0.3, 0.4) is 0 Å². The molecule has 3 rings (SSSR count). The molecule has 1 heterocycles. The average molecular weight is 485 g/mol. The van der Waals surface area contributed by atoms with Crippen molar-refractivity contribution in [2.24, 2.45) is 0 Å². The SMILES string of the molecule is CCNC(=O)c1coc(CN(Cc2cccc(C(F)(F)F)c2)Cc2cccc(C(F)(F)F)c2)n1. The van der Waals surface area contributed by atoms with Crippen LogP contribution < -0.4 is 5.32 Å². The third-order valence-corrected chi connectivity index (χ3v) is 4.80. The van der Waals surface area contributed by atoms with E-state index in [-0.39, 0.29) is 31.2 Å². The minimum Gasteiger partial charge on any atom is -0.447 e. The second-order valence-corrected chi connectivity index (χ2v) is 7.53. The van der Waals surface area contributed by atoms with Crippen LogP contribution in [0.2, 0.25) is 0 Å². The van der Waals surface area contributed by atoms with Crippen LogP contribution in [0.1, 0.15) is 45.6 Å². The molecule has 0 saturated heterocycles. The van der Waals surface area contributed by atoms with Gasteiger partial charge in [0.25, 0.3) is 5.91 Å². The number of halogens is 6. The highest BCUT2D eigenvalue weighted by molar-refractivity contribution is 5.91. The van der Waals surface area contributed by atoms with Gasteiger partial charge in [0.05, 0.1) is 17.7 Å². The first-order valence-electron chi connectivity index (χ1n) is 10.2. The number of benzene rings is 2. The van der Waals surface area contributed by atoms with Gasteiger partial charge in [-0.3, -0.25) is 9.69 Å². The van der Waals surface area contributed by atoms with Gasteiger partial charge >= 0.3 is 12.4 Å². The van der Waals surface area contributed by atoms with E-state index in [0.717, 1.165) is 30.5 Å². The zero-order valence-electron chi connectivity index (χ0n) is 18.0. The maximum Gasteiger partial charge on any atom is 0.416 e. The molecule has 3 aromatic rings. The Hall–Kier alpha value is -3.34. The van der Waals surface area contributed by atoms with Crippen molar-refractivity contribution in [3.8, 4) is 0 Å². The van der Waals surface area contributed by atoms with Gasteiger partial charge in [0, 0.05) is 19.6 Å². The van der Waals surface area contributed by atoms with Crippen molar-refractivity contribution in [2.45, 2.75) is 38.9 Å². The molecule has 5 nitrogen and oxygen atoms in total. The smallest absolute Gasteiger partial charge is 0.416 e. The van der Waals surface area contributed by atoms with Gasteiger partial charge in [-0.25, -0.2) is 4.98 Å². The summed E-state index contributed by atoms with van der Waals surface area (Å²) in [5, 5.41) is 2.56. The molecule has 0 atom stereocenters. The van der Waals surface area contributed by atoms with Gasteiger partial charge in [0.15, 0.2) is 5.69 Å². The van der Waals surface area contributed by atoms with Gasteiger partial charge in [-0.2, -0.15) is 26.3 Å². The van der Waals surface area contributed by atoms with Crippen LogP contribution in [-0.2, 0) is 32.0 Å². The first-order valence-corrected chi connectivity index (χ1v) is 10.2. The summed E-state index contributed by atoms with van der Waals surface area (Å²) >= 11 is 0. The first-order chi connectivity index (χ1) is 16.0. The van der Waals surface area contributed by atoms with E-state index in [1.165, 1.54) is 24.3 Å². The number of nitrogens with zero attached hydrogens (tertiary/aromatic N) is 2. The Balaban J connectivity index is 1.87. The molecule has 1 aromatic heterocycles. The lowest BCUT2D eigenvalue weighted by molar-refractivity contribution is -0.138. The standard InChI is InChI=1S/C23H21F6N3O2/c1-2-30-21(33)19-14-34-20(31-19)13-32(11-15-5-3-7-17(9-15)22(24,25)26)12-16-6-4-8-18(10-16)23(27,28)29/h3-10,14H,2,11-13H2,1H3,(H,30,33). The van der Waals surface area contributed by atoms with Crippen molar-refractivity contribution < 1.29 is 35.6 Å². The van der Waals surface area contributed by atoms with E-state index in [1.54, 1.807) is 11.8 Å². The van der Waals surface area contributed by atoms with Crippen LogP contribution in [0.25, 0.3) is 0 Å². The van der Waals surface area contributed by atoms with Gasteiger partial charge in [0.1, 0.15) is 6.26 Å². The molecule has 0 radical (unpaired) electrons. The van der Waals surface area contributed by atoms with E-state index < -0.39 is 29.4 Å². The van der Waals surface area contributed by atoms with Crippen LogP contribution in [-0.4, -0.2) is 22.3 Å². The molecule has 0 aliphatic heterocycles. The summed E-state index contributed by atoms with van der Waals surface area (Å²) in [6, 6.07) is 9.34. The molecule has 11 heteroatoms. The Kier molecular flexibility index (Phi) is 7.65. The maximum atomic E-state index is 13.1. The lowest BCUT2D eigenvalue weighted by Crippen LogP contribution is -2.24. The van der Waals surface area contributed by atoms with Crippen molar-refractivity contribution in [2.75, 3.05) is 6.54 Å². The Morgan fingerprint density at radius 2 is 1.44 bits per heavy atom. The molecular weight excluding hydrogens is 464 g/mol. The van der Waals surface area contributed by atoms with Crippen molar-refractivity contribution in [1.82, 2.24) is 15.2 Å². The molecule has 0 fully saturated rings. The normalized spacial score (nSPS) is 12.2. The van der Waals surface area contributed by atoms with Crippen molar-refractivity contribution in [1.29, 1.82) is 0 Å². The van der Waals surface area contributed by atoms with Gasteiger partial charge < -0.3 is 9.73 Å². The van der Waals surface area contributed by atoms with Crippen molar-refractivity contribution in [3.63, 3.8) is 0 Å². The molecule has 0 saturated carbocycles. The van der Waals surface area contributed by atoms with E-state index in [9.17, 15) is 31.1 Å². The molecule has 182 valence electrons. The Bertz CT molecular complexity index is 1060. The summed E-state index contributed by atoms with van der Waals surface area (Å²) in [4.78, 5) is 17.6. The number of oxazole rings is 1. The number of carbonyl (C=O) groups is 1. The largest absolute Gasteiger partial charge is 0.447 e. The summed E-state index contributed by atoms with van der Waals surface area (Å²) in [5.74, 6) is -0.361. The summed E-state index contributed by atoms with van der Waals surface area (Å²) in [6.45, 7) is 1.99. The molecule has 0 bridgehead atoms. The summed E-state index contributed by atoms with van der Waals surface area (Å²) in [5.41, 5.74) is -1.04. The summed E-state index contributed by atoms with van der Waals surface area (Å²) in [7, 11) is 0. The number of hydrogen-bond donors (Lipinski definition) is 1. The molecular formula is C23H21F6N3O2. The van der Waals surface area contributed by atoms with Crippen LogP contribution in [0, 0.1) is 0 Å². The molecule has 0 aliphatic rings. The highest BCUT2D eigenvalue weighted by atomic mass is 19.4. The van der Waals surface area contributed by atoms with Crippen molar-refractivity contribution >= 4 is 5.91 Å². The fourth-order valence-electron chi connectivity index (χ4n) is 3.31. The van der Waals surface area contributed by atoms with E-state index in [4.69, 9.17) is 4.42 Å². The number of hydrogen-bond acceptors (Lipinski definition) is 4. The molecule has 1 amide bonds. The number of rotatable bonds is 8. The number of alkyl halides is 6. The quantitative estimate of drug-likeness (QED) is 0.418. The first kappa shape index (κ1) is 25.3. The van der Waals surface area contributed by atoms with Crippen LogP contribution in [0.15, 0.2) is 59.2 Å². The summed E-state index contributed by atoms with van der Waals surface area (Å²) in [6.07, 6.45) is -7.93. The average Bonchev–Trinajstić information content (AvgIpc) is 3.22. The zero-order valence-corrected chi connectivity index (χ0v) is 18.0. The topological polar surface area (TPSA) is 58.4 Å². The fraction of sp³-hybridized carbons (Fsp3) is 0.304. The third-order valence-electron chi connectivity index (χ3n) is 4.80. The molecule has 0 spiro atoms. The van der Waals surface area contributed by atoms with Gasteiger partial charge in [-0.15, -0.1) is 0 Å². The molecule has 0 unspecified atom stereocenters. The third kappa shape index (κ3) is 6.83. The van der Waals surface area contributed by atoms with E-state index >= 15 is 0 Å². The highest BCUT2D eigenvalue weighted by Gasteiger charge is 2.31. The summed E-state index contributed by atoms with van der Waals surface area (Å²) < 4.78 is 84.0. The predicted molar refractivity (Wildman–Crippen MR) is 110 cm³/mol. The van der Waals surface area contributed by atoms with Crippen LogP contribution in [0.5, 0.6) is 0 Å². The van der Waals surface area contributed by atoms with Gasteiger partial charge in [-0.05, 0) is 30.2 Å². The van der Waals surface area contributed by atoms with Crippen LogP contribution in [0.4, 0.5) is 26.3 Å². The molecule has 1 N–H and O–H groups in total. The minimum absolute atomic E-state index is 0.0231. The lowest BCUT2D eigenvalue weighted by Gasteiger charge is -2.22. The molecule has 0 aliphatic carbocycles. The maximum absolute atomic E-state index is 13.1. The molecule has 34 heavy (non-hydrogen) atoms. The Labute approximate surface area is 191 Å². The highest BCUT2D eigenvalue weighted by Crippen LogP contribution is 2.31. The monoisotopic (exact) mass is 485 g/mol. The predicted octanol–water partition coefficient (Wildman–Crippen LogP) is 5.66. The fourth-order valence-corrected chi connectivity index (χ4v) is 3.31. The van der Waals surface area contributed by atoms with E-state index in [2.05, 4.69) is 10.3 Å². The van der Waals surface area contributed by atoms with E-state index in [1.807, 2.05) is 0 Å². The zero-order chi connectivity index (χ0) is 24.9. The second-order valence-electron chi connectivity index (χ2n) is 7.53. The lowest BCUT2D eigenvalue weighted by atomic mass is 10.1. The Morgan fingerprint density at radius 1 is 0.912 bits per heavy atom. The van der Waals surface area contributed by atoms with Gasteiger partial charge in [0.2, 0.25) is 5.89 Å². The number of nitrogens with one attached hydrogen (secondary N) is 1. The molecule has 2 aromatic carbocycles. The van der Waals surface area contributed by atoms with Crippen LogP contribution >= 0.6 is 0 Å². The number of amides is 1. The Morgan fingerprint density at radius 3 is 1.91 bits per heavy atom. The number of carbonyl (C=O) groups excluding carboxylic acids is 1. The van der Waals surface area contributed by atoms with E-state index in [0.29, 0.717) is 17.7 Å².